The summed E-state index contributed by atoms with van der Waals surface area (Å²) in [5.41, 5.74) is 0.729. The van der Waals surface area contributed by atoms with Crippen molar-refractivity contribution in [3.8, 4) is 11.8 Å². The molecular formula is C15H21O4P. The normalized spacial score (nSPS) is 13.2. The quantitative estimate of drug-likeness (QED) is 0.668. The molecule has 0 aliphatic carbocycles. The van der Waals surface area contributed by atoms with E-state index in [0.29, 0.717) is 0 Å². The Kier molecular flexibility index (Phi) is 6.45. The molecule has 0 radical (unpaired) electrons. The highest BCUT2D eigenvalue weighted by Crippen LogP contribution is 2.53. The van der Waals surface area contributed by atoms with E-state index in [9.17, 15) is 9.67 Å². The average molecular weight is 296 g/mol. The fourth-order valence-electron chi connectivity index (χ4n) is 1.48. The van der Waals surface area contributed by atoms with Crippen LogP contribution < -0.4 is 0 Å². The van der Waals surface area contributed by atoms with Crippen molar-refractivity contribution in [1.29, 1.82) is 0 Å². The van der Waals surface area contributed by atoms with Gasteiger partial charge in [-0.1, -0.05) is 30.0 Å². The molecule has 5 heteroatoms. The van der Waals surface area contributed by atoms with Crippen LogP contribution in [0.2, 0.25) is 0 Å². The van der Waals surface area contributed by atoms with E-state index in [-0.39, 0.29) is 12.2 Å². The van der Waals surface area contributed by atoms with Gasteiger partial charge in [0.05, 0.1) is 12.2 Å². The Morgan fingerprint density at radius 3 is 2.00 bits per heavy atom. The predicted octanol–water partition coefficient (Wildman–Crippen LogP) is 3.40. The van der Waals surface area contributed by atoms with Gasteiger partial charge in [0.15, 0.2) is 0 Å². The van der Waals surface area contributed by atoms with E-state index < -0.39 is 13.4 Å². The molecule has 1 rings (SSSR count). The zero-order valence-electron chi connectivity index (χ0n) is 12.2. The monoisotopic (exact) mass is 296 g/mol. The highest BCUT2D eigenvalue weighted by atomic mass is 31.2. The summed E-state index contributed by atoms with van der Waals surface area (Å²) in [7, 11) is -3.68. The molecule has 4 nitrogen and oxygen atoms in total. The van der Waals surface area contributed by atoms with Gasteiger partial charge in [-0.15, -0.1) is 0 Å². The highest BCUT2D eigenvalue weighted by molar-refractivity contribution is 7.54. The first-order valence-corrected chi connectivity index (χ1v) is 8.16. The minimum atomic E-state index is -3.68. The summed E-state index contributed by atoms with van der Waals surface area (Å²) in [4.78, 5) is 0. The van der Waals surface area contributed by atoms with Crippen molar-refractivity contribution in [3.63, 3.8) is 0 Å². The Bertz CT molecular complexity index is 500. The first-order valence-electron chi connectivity index (χ1n) is 6.54. The Labute approximate surface area is 120 Å². The van der Waals surface area contributed by atoms with Crippen LogP contribution in [0.5, 0.6) is 0 Å². The topological polar surface area (TPSA) is 55.8 Å². The molecule has 0 saturated carbocycles. The summed E-state index contributed by atoms with van der Waals surface area (Å²) in [6.45, 7) is 6.92. The largest absolute Gasteiger partial charge is 0.371 e. The second-order valence-corrected chi connectivity index (χ2v) is 6.85. The molecule has 0 bridgehead atoms. The maximum atomic E-state index is 12.6. The van der Waals surface area contributed by atoms with Gasteiger partial charge < -0.3 is 14.2 Å². The maximum Gasteiger partial charge on any atom is 0.371 e. The van der Waals surface area contributed by atoms with Gasteiger partial charge in [-0.2, -0.15) is 0 Å². The van der Waals surface area contributed by atoms with Crippen molar-refractivity contribution in [2.75, 3.05) is 0 Å². The summed E-state index contributed by atoms with van der Waals surface area (Å²) >= 11 is 0. The molecule has 1 aromatic carbocycles. The van der Waals surface area contributed by atoms with Gasteiger partial charge in [-0.3, -0.25) is 4.57 Å². The lowest BCUT2D eigenvalue weighted by Gasteiger charge is -2.24. The lowest BCUT2D eigenvalue weighted by atomic mass is 10.2. The lowest BCUT2D eigenvalue weighted by Crippen LogP contribution is -2.16. The minimum absolute atomic E-state index is 0.326. The summed E-state index contributed by atoms with van der Waals surface area (Å²) < 4.78 is 23.1. The van der Waals surface area contributed by atoms with E-state index in [1.807, 2.05) is 18.2 Å². The number of aliphatic hydroxyl groups excluding tert-OH is 1. The van der Waals surface area contributed by atoms with Crippen LogP contribution in [0.25, 0.3) is 0 Å². The molecule has 0 spiro atoms. The number of rotatable bonds is 5. The molecule has 0 heterocycles. The van der Waals surface area contributed by atoms with Gasteiger partial charge >= 0.3 is 7.60 Å². The number of benzene rings is 1. The van der Waals surface area contributed by atoms with Crippen LogP contribution in [0.4, 0.5) is 0 Å². The predicted molar refractivity (Wildman–Crippen MR) is 79.4 cm³/mol. The van der Waals surface area contributed by atoms with E-state index in [1.54, 1.807) is 39.8 Å². The van der Waals surface area contributed by atoms with Gasteiger partial charge in [0.2, 0.25) is 5.85 Å². The van der Waals surface area contributed by atoms with Gasteiger partial charge in [0, 0.05) is 5.56 Å². The van der Waals surface area contributed by atoms with Crippen molar-refractivity contribution in [1.82, 2.24) is 0 Å². The number of hydrogen-bond acceptors (Lipinski definition) is 4. The Balaban J connectivity index is 2.92. The summed E-state index contributed by atoms with van der Waals surface area (Å²) in [5, 5.41) is 10.0. The molecule has 1 aromatic rings. The van der Waals surface area contributed by atoms with E-state index in [0.717, 1.165) is 5.56 Å². The van der Waals surface area contributed by atoms with Gasteiger partial charge in [0.25, 0.3) is 0 Å². The van der Waals surface area contributed by atoms with Gasteiger partial charge in [0.1, 0.15) is 0 Å². The molecular weight excluding hydrogens is 275 g/mol. The Hall–Kier alpha value is -1.11. The van der Waals surface area contributed by atoms with Crippen molar-refractivity contribution in [3.05, 3.63) is 35.9 Å². The van der Waals surface area contributed by atoms with Crippen molar-refractivity contribution < 1.29 is 18.7 Å². The second-order valence-electron chi connectivity index (χ2n) is 4.86. The zero-order valence-corrected chi connectivity index (χ0v) is 13.1. The summed E-state index contributed by atoms with van der Waals surface area (Å²) in [6.07, 6.45) is -0.652. The molecule has 0 aromatic heterocycles. The molecule has 20 heavy (non-hydrogen) atoms. The van der Waals surface area contributed by atoms with Crippen LogP contribution in [-0.2, 0) is 13.6 Å². The number of hydrogen-bond donors (Lipinski definition) is 1. The Morgan fingerprint density at radius 1 is 1.05 bits per heavy atom. The fraction of sp³-hybridized carbons (Fsp3) is 0.467. The maximum absolute atomic E-state index is 12.6. The third-order valence-electron chi connectivity index (χ3n) is 2.13. The van der Waals surface area contributed by atoms with Gasteiger partial charge in [-0.25, -0.2) is 0 Å². The van der Waals surface area contributed by atoms with E-state index in [2.05, 4.69) is 11.8 Å². The minimum Gasteiger partial charge on any atom is -0.370 e. The fourth-order valence-corrected chi connectivity index (χ4v) is 3.15. The van der Waals surface area contributed by atoms with Crippen LogP contribution in [0.15, 0.2) is 30.3 Å². The highest BCUT2D eigenvalue weighted by Gasteiger charge is 2.35. The molecule has 1 unspecified atom stereocenters. The molecule has 0 aliphatic heterocycles. The zero-order chi connectivity index (χ0) is 15.2. The second kappa shape index (κ2) is 7.61. The van der Waals surface area contributed by atoms with E-state index in [4.69, 9.17) is 9.05 Å². The van der Waals surface area contributed by atoms with Crippen LogP contribution in [0.1, 0.15) is 33.3 Å². The molecule has 1 atom stereocenters. The SMILES string of the molecule is CC(C)OP(=O)(OC(C)C)C(O)C#Cc1ccccc1. The first-order chi connectivity index (χ1) is 9.33. The van der Waals surface area contributed by atoms with Crippen molar-refractivity contribution in [2.45, 2.75) is 45.7 Å². The molecule has 0 fully saturated rings. The number of aliphatic hydroxyl groups is 1. The summed E-state index contributed by atoms with van der Waals surface area (Å²) in [5.74, 6) is 3.84. The smallest absolute Gasteiger partial charge is 0.370 e. The van der Waals surface area contributed by atoms with Crippen LogP contribution >= 0.6 is 7.60 Å². The summed E-state index contributed by atoms with van der Waals surface area (Å²) in [6, 6.07) is 9.15. The standard InChI is InChI=1S/C15H21O4P/c1-12(2)18-20(17,19-13(3)4)15(16)11-10-14-8-6-5-7-9-14/h5-9,12-13,15-16H,1-4H3. The molecule has 110 valence electrons. The lowest BCUT2D eigenvalue weighted by molar-refractivity contribution is 0.114. The molecule has 0 saturated heterocycles. The molecule has 0 aliphatic rings. The van der Waals surface area contributed by atoms with Crippen molar-refractivity contribution >= 4 is 7.60 Å². The van der Waals surface area contributed by atoms with Crippen LogP contribution in [0, 0.1) is 11.8 Å². The van der Waals surface area contributed by atoms with Crippen molar-refractivity contribution in [2.24, 2.45) is 0 Å². The van der Waals surface area contributed by atoms with Gasteiger partial charge in [-0.05, 0) is 39.8 Å². The van der Waals surface area contributed by atoms with E-state index in [1.165, 1.54) is 0 Å². The first kappa shape index (κ1) is 16.9. The average Bonchev–Trinajstić information content (AvgIpc) is 2.35. The van der Waals surface area contributed by atoms with Crippen LogP contribution in [0.3, 0.4) is 0 Å². The van der Waals surface area contributed by atoms with E-state index >= 15 is 0 Å². The third-order valence-corrected chi connectivity index (χ3v) is 4.29. The molecule has 1 N–H and O–H groups in total. The van der Waals surface area contributed by atoms with Crippen LogP contribution in [-0.4, -0.2) is 23.2 Å². The third kappa shape index (κ3) is 5.48. The Morgan fingerprint density at radius 2 is 1.55 bits per heavy atom. The molecule has 0 amide bonds.